The van der Waals surface area contributed by atoms with E-state index in [-0.39, 0.29) is 23.3 Å². The van der Waals surface area contributed by atoms with Gasteiger partial charge < -0.3 is 14.9 Å². The molecule has 0 aliphatic heterocycles. The summed E-state index contributed by atoms with van der Waals surface area (Å²) in [6.07, 6.45) is 1.33. The highest BCUT2D eigenvalue weighted by Crippen LogP contribution is 2.23. The summed E-state index contributed by atoms with van der Waals surface area (Å²) in [5, 5.41) is 18.4. The lowest BCUT2D eigenvalue weighted by Gasteiger charge is -2.04. The van der Waals surface area contributed by atoms with Crippen molar-refractivity contribution in [2.45, 2.75) is 6.61 Å². The standard InChI is InChI=1S/C10H7ClN4O3/c11-9-4-3-7(13-14-9)6-18-8-2-1-5-12-10(8)15(16)17/h1-5H,6H2. The first-order chi connectivity index (χ1) is 8.66. The Balaban J connectivity index is 2.10. The molecule has 0 radical (unpaired) electrons. The van der Waals surface area contributed by atoms with Crippen molar-refractivity contribution < 1.29 is 9.66 Å². The van der Waals surface area contributed by atoms with Crippen molar-refractivity contribution >= 4 is 17.4 Å². The Morgan fingerprint density at radius 1 is 1.33 bits per heavy atom. The first kappa shape index (κ1) is 12.2. The zero-order valence-corrected chi connectivity index (χ0v) is 9.74. The summed E-state index contributed by atoms with van der Waals surface area (Å²) in [6.45, 7) is 0.0523. The topological polar surface area (TPSA) is 91.0 Å². The van der Waals surface area contributed by atoms with Crippen molar-refractivity contribution in [1.29, 1.82) is 0 Å². The second kappa shape index (κ2) is 5.37. The van der Waals surface area contributed by atoms with Crippen molar-refractivity contribution in [2.75, 3.05) is 0 Å². The SMILES string of the molecule is O=[N+]([O-])c1ncccc1OCc1ccc(Cl)nn1. The fourth-order valence-electron chi connectivity index (χ4n) is 1.20. The molecule has 2 rings (SSSR count). The number of nitro groups is 1. The van der Waals surface area contributed by atoms with Crippen molar-refractivity contribution in [3.05, 3.63) is 51.4 Å². The Labute approximate surface area is 107 Å². The van der Waals surface area contributed by atoms with Crippen LogP contribution in [0.5, 0.6) is 5.75 Å². The summed E-state index contributed by atoms with van der Waals surface area (Å²) in [6, 6.07) is 6.20. The number of halogens is 1. The molecule has 8 heteroatoms. The van der Waals surface area contributed by atoms with E-state index >= 15 is 0 Å². The molecule has 0 saturated carbocycles. The van der Waals surface area contributed by atoms with Crippen molar-refractivity contribution in [1.82, 2.24) is 15.2 Å². The molecule has 0 aromatic carbocycles. The van der Waals surface area contributed by atoms with Gasteiger partial charge in [-0.25, -0.2) is 0 Å². The number of rotatable bonds is 4. The van der Waals surface area contributed by atoms with E-state index in [9.17, 15) is 10.1 Å². The molecule has 0 saturated heterocycles. The maximum atomic E-state index is 10.7. The highest BCUT2D eigenvalue weighted by molar-refractivity contribution is 6.29. The lowest BCUT2D eigenvalue weighted by Crippen LogP contribution is -2.02. The maximum absolute atomic E-state index is 10.7. The van der Waals surface area contributed by atoms with Gasteiger partial charge in [0.05, 0.1) is 0 Å². The van der Waals surface area contributed by atoms with Gasteiger partial charge in [0.15, 0.2) is 5.15 Å². The monoisotopic (exact) mass is 266 g/mol. The van der Waals surface area contributed by atoms with E-state index < -0.39 is 4.92 Å². The molecule has 0 bridgehead atoms. The maximum Gasteiger partial charge on any atom is 0.406 e. The molecule has 0 amide bonds. The van der Waals surface area contributed by atoms with Crippen LogP contribution in [0.1, 0.15) is 5.69 Å². The number of hydrogen-bond acceptors (Lipinski definition) is 6. The normalized spacial score (nSPS) is 10.1. The minimum Gasteiger partial charge on any atom is -0.479 e. The molecular weight excluding hydrogens is 260 g/mol. The van der Waals surface area contributed by atoms with Gasteiger partial charge in [-0.3, -0.25) is 0 Å². The molecule has 92 valence electrons. The van der Waals surface area contributed by atoms with Crippen molar-refractivity contribution in [3.8, 4) is 5.75 Å². The van der Waals surface area contributed by atoms with Crippen LogP contribution in [-0.2, 0) is 6.61 Å². The van der Waals surface area contributed by atoms with Crippen LogP contribution in [-0.4, -0.2) is 20.1 Å². The number of aromatic nitrogens is 3. The molecule has 7 nitrogen and oxygen atoms in total. The van der Waals surface area contributed by atoms with Gasteiger partial charge in [-0.1, -0.05) is 11.6 Å². The summed E-state index contributed by atoms with van der Waals surface area (Å²) >= 11 is 5.58. The molecule has 0 spiro atoms. The van der Waals surface area contributed by atoms with Crippen LogP contribution in [0.3, 0.4) is 0 Å². The van der Waals surface area contributed by atoms with Gasteiger partial charge in [-0.05, 0) is 34.2 Å². The molecule has 0 aliphatic carbocycles. The van der Waals surface area contributed by atoms with Crippen molar-refractivity contribution in [2.24, 2.45) is 0 Å². The quantitative estimate of drug-likeness (QED) is 0.621. The summed E-state index contributed by atoms with van der Waals surface area (Å²) in [5.74, 6) is -0.251. The van der Waals surface area contributed by atoms with E-state index in [0.717, 1.165) is 0 Å². The van der Waals surface area contributed by atoms with Crippen LogP contribution < -0.4 is 4.74 Å². The van der Waals surface area contributed by atoms with Crippen LogP contribution in [0.15, 0.2) is 30.5 Å². The average molecular weight is 267 g/mol. The molecule has 2 heterocycles. The minimum atomic E-state index is -0.608. The number of ether oxygens (including phenoxy) is 1. The molecule has 2 aromatic heterocycles. The number of hydrogen-bond donors (Lipinski definition) is 0. The Kier molecular flexibility index (Phi) is 3.63. The van der Waals surface area contributed by atoms with Crippen LogP contribution in [0, 0.1) is 10.1 Å². The molecule has 2 aromatic rings. The van der Waals surface area contributed by atoms with Crippen LogP contribution in [0.2, 0.25) is 5.15 Å². The van der Waals surface area contributed by atoms with Crippen LogP contribution in [0.4, 0.5) is 5.82 Å². The highest BCUT2D eigenvalue weighted by atomic mass is 35.5. The smallest absolute Gasteiger partial charge is 0.406 e. The van der Waals surface area contributed by atoms with E-state index in [1.807, 2.05) is 0 Å². The fraction of sp³-hybridized carbons (Fsp3) is 0.100. The minimum absolute atomic E-state index is 0.0523. The largest absolute Gasteiger partial charge is 0.479 e. The molecule has 18 heavy (non-hydrogen) atoms. The second-order valence-corrected chi connectivity index (χ2v) is 3.61. The molecule has 0 aliphatic rings. The molecular formula is C10H7ClN4O3. The summed E-state index contributed by atoms with van der Waals surface area (Å²) in [7, 11) is 0. The zero-order valence-electron chi connectivity index (χ0n) is 8.99. The second-order valence-electron chi connectivity index (χ2n) is 3.22. The van der Waals surface area contributed by atoms with Crippen LogP contribution in [0.25, 0.3) is 0 Å². The van der Waals surface area contributed by atoms with E-state index in [0.29, 0.717) is 5.69 Å². The third-order valence-corrected chi connectivity index (χ3v) is 2.19. The molecule has 0 atom stereocenters. The van der Waals surface area contributed by atoms with Crippen molar-refractivity contribution in [3.63, 3.8) is 0 Å². The summed E-state index contributed by atoms with van der Waals surface area (Å²) in [4.78, 5) is 13.7. The Bertz CT molecular complexity index is 561. The van der Waals surface area contributed by atoms with E-state index in [2.05, 4.69) is 15.2 Å². The van der Waals surface area contributed by atoms with Gasteiger partial charge in [-0.15, -0.1) is 5.10 Å². The number of nitrogens with zero attached hydrogens (tertiary/aromatic N) is 4. The van der Waals surface area contributed by atoms with E-state index in [1.165, 1.54) is 12.3 Å². The van der Waals surface area contributed by atoms with Gasteiger partial charge in [0.2, 0.25) is 5.75 Å². The predicted octanol–water partition coefficient (Wildman–Crippen LogP) is 2.01. The fourth-order valence-corrected chi connectivity index (χ4v) is 1.31. The van der Waals surface area contributed by atoms with Gasteiger partial charge >= 0.3 is 5.82 Å². The number of pyridine rings is 1. The van der Waals surface area contributed by atoms with Gasteiger partial charge in [0.25, 0.3) is 0 Å². The summed E-state index contributed by atoms with van der Waals surface area (Å²) in [5.41, 5.74) is 0.512. The Hall–Kier alpha value is -2.28. The zero-order chi connectivity index (χ0) is 13.0. The van der Waals surface area contributed by atoms with E-state index in [4.69, 9.17) is 16.3 Å². The van der Waals surface area contributed by atoms with Gasteiger partial charge in [0, 0.05) is 0 Å². The Morgan fingerprint density at radius 3 is 2.83 bits per heavy atom. The first-order valence-electron chi connectivity index (χ1n) is 4.87. The third-order valence-electron chi connectivity index (χ3n) is 1.99. The average Bonchev–Trinajstić information content (AvgIpc) is 2.38. The molecule has 0 fully saturated rings. The molecule has 0 N–H and O–H groups in total. The lowest BCUT2D eigenvalue weighted by molar-refractivity contribution is -0.390. The van der Waals surface area contributed by atoms with E-state index in [1.54, 1.807) is 18.2 Å². The predicted molar refractivity (Wildman–Crippen MR) is 62.3 cm³/mol. The first-order valence-corrected chi connectivity index (χ1v) is 5.25. The highest BCUT2D eigenvalue weighted by Gasteiger charge is 2.15. The summed E-state index contributed by atoms with van der Waals surface area (Å²) < 4.78 is 5.27. The van der Waals surface area contributed by atoms with Gasteiger partial charge in [0.1, 0.15) is 18.5 Å². The van der Waals surface area contributed by atoms with Crippen LogP contribution >= 0.6 is 11.6 Å². The molecule has 0 unspecified atom stereocenters. The van der Waals surface area contributed by atoms with Gasteiger partial charge in [-0.2, -0.15) is 5.10 Å². The Morgan fingerprint density at radius 2 is 2.17 bits per heavy atom. The lowest BCUT2D eigenvalue weighted by atomic mass is 10.4. The third kappa shape index (κ3) is 2.89.